The minimum absolute atomic E-state index is 0.453. The van der Waals surface area contributed by atoms with Gasteiger partial charge in [-0.3, -0.25) is 4.21 Å². The van der Waals surface area contributed by atoms with E-state index in [2.05, 4.69) is 0 Å². The Morgan fingerprint density at radius 3 is 2.25 bits per heavy atom. The molecule has 12 heavy (non-hydrogen) atoms. The number of benzene rings is 1. The lowest BCUT2D eigenvalue weighted by molar-refractivity contribution is 0.360. The van der Waals surface area contributed by atoms with Gasteiger partial charge in [-0.1, -0.05) is 0 Å². The van der Waals surface area contributed by atoms with Gasteiger partial charge in [0.1, 0.15) is 0 Å². The topological polar surface area (TPSA) is 101 Å². The van der Waals surface area contributed by atoms with Crippen LogP contribution in [-0.4, -0.2) is 24.1 Å². The summed E-state index contributed by atoms with van der Waals surface area (Å²) in [5.74, 6) is -2.25. The van der Waals surface area contributed by atoms with Crippen molar-refractivity contribution in [3.8, 4) is 17.2 Å². The molecule has 1 aromatic rings. The lowest BCUT2D eigenvalue weighted by atomic mass is 10.3. The fraction of sp³-hybridized carbons (Fsp3) is 0. The molecule has 0 aliphatic rings. The minimum Gasteiger partial charge on any atom is -0.768 e. The second-order valence-electron chi connectivity index (χ2n) is 2.01. The quantitative estimate of drug-likeness (QED) is 0.427. The van der Waals surface area contributed by atoms with Gasteiger partial charge in [0.15, 0.2) is 11.5 Å². The van der Waals surface area contributed by atoms with E-state index in [1.165, 1.54) is 0 Å². The average molecular weight is 189 g/mol. The lowest BCUT2D eigenvalue weighted by Crippen LogP contribution is -1.89. The van der Waals surface area contributed by atoms with E-state index in [-0.39, 0.29) is 0 Å². The predicted molar refractivity (Wildman–Crippen MR) is 38.6 cm³/mol. The van der Waals surface area contributed by atoms with Crippen molar-refractivity contribution in [3.63, 3.8) is 0 Å². The molecule has 0 radical (unpaired) electrons. The molecule has 1 rings (SSSR count). The highest BCUT2D eigenvalue weighted by molar-refractivity contribution is 7.79. The van der Waals surface area contributed by atoms with Crippen LogP contribution < -0.4 is 0 Å². The number of aromatic hydroxyl groups is 3. The molecule has 3 N–H and O–H groups in total. The van der Waals surface area contributed by atoms with Gasteiger partial charge in [0.05, 0.1) is 4.90 Å². The summed E-state index contributed by atoms with van der Waals surface area (Å²) in [7, 11) is 0. The number of hydrogen-bond donors (Lipinski definition) is 3. The highest BCUT2D eigenvalue weighted by atomic mass is 32.2. The van der Waals surface area contributed by atoms with Crippen LogP contribution in [0.5, 0.6) is 17.2 Å². The van der Waals surface area contributed by atoms with E-state index < -0.39 is 33.2 Å². The largest absolute Gasteiger partial charge is 0.768 e. The smallest absolute Gasteiger partial charge is 0.201 e. The third kappa shape index (κ3) is 1.34. The fourth-order valence-corrected chi connectivity index (χ4v) is 1.12. The molecule has 0 saturated carbocycles. The summed E-state index contributed by atoms with van der Waals surface area (Å²) in [4.78, 5) is -0.453. The van der Waals surface area contributed by atoms with E-state index in [1.54, 1.807) is 0 Å². The molecular weight excluding hydrogens is 184 g/mol. The second-order valence-corrected chi connectivity index (χ2v) is 2.92. The summed E-state index contributed by atoms with van der Waals surface area (Å²) >= 11 is -2.63. The van der Waals surface area contributed by atoms with E-state index in [1.807, 2.05) is 0 Å². The van der Waals surface area contributed by atoms with Crippen molar-refractivity contribution in [1.82, 2.24) is 0 Å². The molecule has 1 unspecified atom stereocenters. The normalized spacial score (nSPS) is 12.8. The highest BCUT2D eigenvalue weighted by Crippen LogP contribution is 2.37. The molecule has 5 nitrogen and oxygen atoms in total. The first-order chi connectivity index (χ1) is 5.54. The fourth-order valence-electron chi connectivity index (χ4n) is 0.685. The van der Waals surface area contributed by atoms with Gasteiger partial charge in [-0.2, -0.15) is 0 Å². The van der Waals surface area contributed by atoms with Crippen molar-refractivity contribution >= 4 is 11.1 Å². The molecule has 0 bridgehead atoms. The highest BCUT2D eigenvalue weighted by Gasteiger charge is 2.10. The van der Waals surface area contributed by atoms with Gasteiger partial charge >= 0.3 is 0 Å². The molecular formula is C6H5O5S-. The summed E-state index contributed by atoms with van der Waals surface area (Å²) in [5, 5.41) is 26.6. The standard InChI is InChI=1S/C6H6O5S/c7-3-1-2-4(12(10)11)6(9)5(3)8/h1-2,7-9H,(H,10,11)/p-1. The van der Waals surface area contributed by atoms with Crippen molar-refractivity contribution in [2.75, 3.05) is 0 Å². The van der Waals surface area contributed by atoms with Crippen LogP contribution in [0, 0.1) is 0 Å². The molecule has 0 aliphatic carbocycles. The Balaban J connectivity index is 3.36. The predicted octanol–water partition coefficient (Wildman–Crippen LogP) is 0.0414. The molecule has 0 aromatic heterocycles. The zero-order chi connectivity index (χ0) is 9.30. The number of rotatable bonds is 1. The number of phenolic OH excluding ortho intramolecular Hbond substituents is 3. The van der Waals surface area contributed by atoms with E-state index >= 15 is 0 Å². The van der Waals surface area contributed by atoms with Crippen LogP contribution in [0.2, 0.25) is 0 Å². The molecule has 1 atom stereocenters. The monoisotopic (exact) mass is 189 g/mol. The SMILES string of the molecule is O=S([O-])c1ccc(O)c(O)c1O. The molecule has 0 aliphatic heterocycles. The van der Waals surface area contributed by atoms with Crippen LogP contribution in [0.3, 0.4) is 0 Å². The molecule has 0 heterocycles. The number of phenols is 3. The molecule has 0 saturated heterocycles. The summed E-state index contributed by atoms with van der Waals surface area (Å²) in [5.41, 5.74) is 0. The Morgan fingerprint density at radius 2 is 1.75 bits per heavy atom. The van der Waals surface area contributed by atoms with E-state index in [0.29, 0.717) is 0 Å². The zero-order valence-electron chi connectivity index (χ0n) is 5.72. The van der Waals surface area contributed by atoms with E-state index in [4.69, 9.17) is 15.3 Å². The van der Waals surface area contributed by atoms with Crippen LogP contribution in [0.4, 0.5) is 0 Å². The van der Waals surface area contributed by atoms with Crippen LogP contribution in [-0.2, 0) is 11.1 Å². The van der Waals surface area contributed by atoms with Gasteiger partial charge in [0.25, 0.3) is 0 Å². The summed E-state index contributed by atoms with van der Waals surface area (Å²) < 4.78 is 20.7. The third-order valence-electron chi connectivity index (χ3n) is 1.27. The molecule has 0 fully saturated rings. The first-order valence-electron chi connectivity index (χ1n) is 2.87. The van der Waals surface area contributed by atoms with Gasteiger partial charge in [0.2, 0.25) is 5.75 Å². The first-order valence-corrected chi connectivity index (χ1v) is 3.94. The Bertz CT molecular complexity index is 335. The van der Waals surface area contributed by atoms with Gasteiger partial charge in [-0.15, -0.1) is 0 Å². The maximum absolute atomic E-state index is 10.3. The van der Waals surface area contributed by atoms with Gasteiger partial charge in [-0.05, 0) is 23.2 Å². The summed E-state index contributed by atoms with van der Waals surface area (Å²) in [6.45, 7) is 0. The number of hydrogen-bond acceptors (Lipinski definition) is 5. The van der Waals surface area contributed by atoms with Crippen molar-refractivity contribution in [2.45, 2.75) is 4.90 Å². The maximum atomic E-state index is 10.3. The summed E-state index contributed by atoms with van der Waals surface area (Å²) in [6, 6.07) is 1.95. The second kappa shape index (κ2) is 3.00. The van der Waals surface area contributed by atoms with Gasteiger partial charge in [-0.25, -0.2) is 0 Å². The van der Waals surface area contributed by atoms with Crippen LogP contribution in [0.25, 0.3) is 0 Å². The maximum Gasteiger partial charge on any atom is 0.201 e. The Kier molecular flexibility index (Phi) is 2.20. The van der Waals surface area contributed by atoms with Crippen LogP contribution in [0.1, 0.15) is 0 Å². The van der Waals surface area contributed by atoms with Crippen molar-refractivity contribution < 1.29 is 24.1 Å². The Morgan fingerprint density at radius 1 is 1.17 bits per heavy atom. The zero-order valence-corrected chi connectivity index (χ0v) is 6.54. The first kappa shape index (κ1) is 8.82. The van der Waals surface area contributed by atoms with Crippen molar-refractivity contribution in [3.05, 3.63) is 12.1 Å². The lowest BCUT2D eigenvalue weighted by Gasteiger charge is -2.08. The summed E-state index contributed by atoms with van der Waals surface area (Å²) in [6.07, 6.45) is 0. The van der Waals surface area contributed by atoms with Gasteiger partial charge in [0, 0.05) is 0 Å². The molecule has 0 amide bonds. The van der Waals surface area contributed by atoms with Crippen LogP contribution >= 0.6 is 0 Å². The molecule has 6 heteroatoms. The van der Waals surface area contributed by atoms with Crippen molar-refractivity contribution in [1.29, 1.82) is 0 Å². The molecule has 66 valence electrons. The Hall–Kier alpha value is -1.27. The average Bonchev–Trinajstić information content (AvgIpc) is 2.00. The van der Waals surface area contributed by atoms with E-state index in [9.17, 15) is 8.76 Å². The third-order valence-corrected chi connectivity index (χ3v) is 1.96. The van der Waals surface area contributed by atoms with Crippen LogP contribution in [0.15, 0.2) is 17.0 Å². The van der Waals surface area contributed by atoms with E-state index in [0.717, 1.165) is 12.1 Å². The Labute approximate surface area is 70.2 Å². The van der Waals surface area contributed by atoms with Crippen molar-refractivity contribution in [2.24, 2.45) is 0 Å². The van der Waals surface area contributed by atoms with Gasteiger partial charge < -0.3 is 19.9 Å². The molecule has 1 aromatic carbocycles. The minimum atomic E-state index is -2.63. The molecule has 0 spiro atoms.